The average Bonchev–Trinajstić information content (AvgIpc) is 1.90. The summed E-state index contributed by atoms with van der Waals surface area (Å²) in [7, 11) is 3.09. The number of hydrogen-bond donors (Lipinski definition) is 0. The highest BCUT2D eigenvalue weighted by molar-refractivity contribution is 6.57. The highest BCUT2D eigenvalue weighted by Gasteiger charge is 2.24. The molecule has 2 radical (unpaired) electrons. The molecule has 0 aromatic rings. The Morgan fingerprint density at radius 1 is 1.38 bits per heavy atom. The van der Waals surface area contributed by atoms with Gasteiger partial charge in [0, 0.05) is 7.11 Å². The Labute approximate surface area is 49.2 Å². The van der Waals surface area contributed by atoms with Gasteiger partial charge in [0.05, 0.1) is 0 Å². The summed E-state index contributed by atoms with van der Waals surface area (Å²) >= 11 is 0. The molecule has 4 nitrogen and oxygen atoms in total. The summed E-state index contributed by atoms with van der Waals surface area (Å²) in [6.45, 7) is 0. The third-order valence-electron chi connectivity index (χ3n) is 0.637. The van der Waals surface area contributed by atoms with Crippen LogP contribution in [0.4, 0.5) is 0 Å². The molecule has 0 atom stereocenters. The molecular formula is CH3B3O4. The third kappa shape index (κ3) is 1.52. The molecule has 0 spiro atoms. The Morgan fingerprint density at radius 2 is 2.00 bits per heavy atom. The first-order valence-corrected chi connectivity index (χ1v) is 2.06. The normalized spacial score (nSPS) is 19.4. The zero-order valence-corrected chi connectivity index (χ0v) is 4.37. The lowest BCUT2D eigenvalue weighted by atomic mass is 10.1. The molecule has 1 aliphatic heterocycles. The van der Waals surface area contributed by atoms with Crippen molar-refractivity contribution in [1.29, 1.82) is 0 Å². The van der Waals surface area contributed by atoms with Crippen molar-refractivity contribution in [2.75, 3.05) is 7.11 Å². The molecule has 1 fully saturated rings. The molecule has 0 aromatic heterocycles. The number of hydrogen-bond acceptors (Lipinski definition) is 4. The predicted octanol–water partition coefficient (Wildman–Crippen LogP) is -1.25. The molecule has 40 valence electrons. The highest BCUT2D eigenvalue weighted by atomic mass is 16.8. The molecular weight excluding hydrogens is 108 g/mol. The molecule has 7 heteroatoms. The highest BCUT2D eigenvalue weighted by Crippen LogP contribution is 1.92. The summed E-state index contributed by atoms with van der Waals surface area (Å²) in [5.41, 5.74) is 0. The van der Waals surface area contributed by atoms with Crippen LogP contribution in [0.15, 0.2) is 0 Å². The van der Waals surface area contributed by atoms with Gasteiger partial charge in [0.15, 0.2) is 0 Å². The van der Waals surface area contributed by atoms with E-state index >= 15 is 0 Å². The van der Waals surface area contributed by atoms with Gasteiger partial charge in [-0.2, -0.15) is 0 Å². The zero-order valence-electron chi connectivity index (χ0n) is 4.37. The van der Waals surface area contributed by atoms with Gasteiger partial charge in [-0.15, -0.1) is 0 Å². The Hall–Kier alpha value is 0.0348. The van der Waals surface area contributed by atoms with Crippen LogP contribution in [0, 0.1) is 0 Å². The molecule has 0 N–H and O–H groups in total. The maximum Gasteiger partial charge on any atom is 0.610 e. The summed E-state index contributed by atoms with van der Waals surface area (Å²) < 4.78 is 18.2. The van der Waals surface area contributed by atoms with Crippen molar-refractivity contribution in [2.24, 2.45) is 0 Å². The second-order valence-corrected chi connectivity index (χ2v) is 1.13. The number of rotatable bonds is 1. The van der Waals surface area contributed by atoms with E-state index in [9.17, 15) is 0 Å². The van der Waals surface area contributed by atoms with Crippen molar-refractivity contribution < 1.29 is 18.4 Å². The monoisotopic (exact) mass is 112 g/mol. The lowest BCUT2D eigenvalue weighted by molar-refractivity contribution is 0.208. The fraction of sp³-hybridized carbons (Fsp3) is 1.00. The van der Waals surface area contributed by atoms with E-state index in [0.717, 1.165) is 15.4 Å². The van der Waals surface area contributed by atoms with Crippen molar-refractivity contribution in [1.82, 2.24) is 0 Å². The van der Waals surface area contributed by atoms with Crippen LogP contribution in [-0.2, 0) is 18.4 Å². The molecule has 1 rings (SSSR count). The van der Waals surface area contributed by atoms with Crippen molar-refractivity contribution in [2.45, 2.75) is 0 Å². The van der Waals surface area contributed by atoms with E-state index in [4.69, 9.17) is 0 Å². The Bertz CT molecular complexity index is 62.3. The van der Waals surface area contributed by atoms with Crippen molar-refractivity contribution in [3.63, 3.8) is 0 Å². The van der Waals surface area contributed by atoms with Gasteiger partial charge in [-0.25, -0.2) is 0 Å². The van der Waals surface area contributed by atoms with Crippen LogP contribution in [0.1, 0.15) is 0 Å². The summed E-state index contributed by atoms with van der Waals surface area (Å²) in [5.74, 6) is 0. The van der Waals surface area contributed by atoms with Crippen LogP contribution in [0.3, 0.4) is 0 Å². The molecule has 8 heavy (non-hydrogen) atoms. The van der Waals surface area contributed by atoms with E-state index in [2.05, 4.69) is 18.4 Å². The smallest absolute Gasteiger partial charge is 0.457 e. The van der Waals surface area contributed by atoms with E-state index in [0.29, 0.717) is 0 Å². The lowest BCUT2D eigenvalue weighted by Gasteiger charge is -2.14. The van der Waals surface area contributed by atoms with Crippen LogP contribution >= 0.6 is 0 Å². The largest absolute Gasteiger partial charge is 0.610 e. The van der Waals surface area contributed by atoms with Gasteiger partial charge in [-0.1, -0.05) is 0 Å². The van der Waals surface area contributed by atoms with Crippen molar-refractivity contribution in [3.8, 4) is 0 Å². The van der Waals surface area contributed by atoms with Crippen LogP contribution < -0.4 is 0 Å². The molecule has 0 amide bonds. The second-order valence-electron chi connectivity index (χ2n) is 1.13. The van der Waals surface area contributed by atoms with Gasteiger partial charge in [0.1, 0.15) is 0 Å². The van der Waals surface area contributed by atoms with Gasteiger partial charge in [0.25, 0.3) is 0 Å². The predicted molar refractivity (Wildman–Crippen MR) is 27.5 cm³/mol. The third-order valence-corrected chi connectivity index (χ3v) is 0.637. The topological polar surface area (TPSA) is 36.9 Å². The lowest BCUT2D eigenvalue weighted by Crippen LogP contribution is -2.36. The van der Waals surface area contributed by atoms with E-state index in [1.165, 1.54) is 7.11 Å². The van der Waals surface area contributed by atoms with Gasteiger partial charge in [0.2, 0.25) is 0 Å². The molecule has 1 saturated heterocycles. The van der Waals surface area contributed by atoms with Crippen LogP contribution in [0.5, 0.6) is 0 Å². The van der Waals surface area contributed by atoms with Gasteiger partial charge in [-0.05, 0) is 0 Å². The first kappa shape index (κ1) is 6.16. The van der Waals surface area contributed by atoms with E-state index in [1.54, 1.807) is 0 Å². The van der Waals surface area contributed by atoms with E-state index < -0.39 is 7.32 Å². The Kier molecular flexibility index (Phi) is 2.42. The van der Waals surface area contributed by atoms with Crippen LogP contribution in [0.25, 0.3) is 0 Å². The average molecular weight is 111 g/mol. The van der Waals surface area contributed by atoms with E-state index in [1.807, 2.05) is 0 Å². The second kappa shape index (κ2) is 3.14. The quantitative estimate of drug-likeness (QED) is 0.396. The summed E-state index contributed by atoms with van der Waals surface area (Å²) in [6.07, 6.45) is 0. The molecule has 0 bridgehead atoms. The van der Waals surface area contributed by atoms with Gasteiger partial charge >= 0.3 is 22.7 Å². The fourth-order valence-corrected chi connectivity index (χ4v) is 0.321. The van der Waals surface area contributed by atoms with Crippen molar-refractivity contribution in [3.05, 3.63) is 0 Å². The maximum absolute atomic E-state index is 4.60. The summed E-state index contributed by atoms with van der Waals surface area (Å²) in [5, 5.41) is 0. The first-order valence-electron chi connectivity index (χ1n) is 2.06. The Morgan fingerprint density at radius 3 is 2.38 bits per heavy atom. The molecule has 0 saturated carbocycles. The van der Waals surface area contributed by atoms with Gasteiger partial charge in [-0.3, -0.25) is 0 Å². The Balaban J connectivity index is 2.13. The minimum Gasteiger partial charge on any atom is -0.457 e. The zero-order chi connectivity index (χ0) is 5.82. The summed E-state index contributed by atoms with van der Waals surface area (Å²) in [6, 6.07) is 0. The van der Waals surface area contributed by atoms with Gasteiger partial charge < -0.3 is 18.4 Å². The minimum atomic E-state index is -0.649. The van der Waals surface area contributed by atoms with Crippen LogP contribution in [0.2, 0.25) is 0 Å². The summed E-state index contributed by atoms with van der Waals surface area (Å²) in [4.78, 5) is 0. The van der Waals surface area contributed by atoms with E-state index in [-0.39, 0.29) is 0 Å². The molecule has 1 aliphatic rings. The fourth-order valence-electron chi connectivity index (χ4n) is 0.321. The molecule has 0 unspecified atom stereocenters. The molecule has 0 aromatic carbocycles. The minimum absolute atomic E-state index is 0.649. The first-order chi connectivity index (χ1) is 3.93. The SMILES string of the molecule is COB1O[B]O[B]O1. The maximum atomic E-state index is 4.60. The standard InChI is InChI=1S/CH3B3O4/c1-5-4-7-2-6-3-8-4/h1H3. The molecule has 1 heterocycles. The van der Waals surface area contributed by atoms with Crippen LogP contribution in [-0.4, -0.2) is 29.8 Å². The molecule has 0 aliphatic carbocycles. The van der Waals surface area contributed by atoms with Crippen molar-refractivity contribution >= 4 is 22.7 Å².